The van der Waals surface area contributed by atoms with Gasteiger partial charge >= 0.3 is 6.18 Å². The van der Waals surface area contributed by atoms with E-state index in [2.05, 4.69) is 0 Å². The molecular weight excluding hydrogens is 268 g/mol. The second-order valence-corrected chi connectivity index (χ2v) is 2.98. The number of hydrogen-bond donors (Lipinski definition) is 1. The van der Waals surface area contributed by atoms with Crippen LogP contribution in [0, 0.1) is 15.9 Å². The third-order valence-corrected chi connectivity index (χ3v) is 1.87. The first-order chi connectivity index (χ1) is 7.23. The summed E-state index contributed by atoms with van der Waals surface area (Å²) in [5.41, 5.74) is 3.04. The molecular formula is C8H7ClF4N2O2. The molecule has 0 saturated heterocycles. The van der Waals surface area contributed by atoms with E-state index in [0.717, 1.165) is 0 Å². The van der Waals surface area contributed by atoms with Crippen molar-refractivity contribution in [2.75, 3.05) is 0 Å². The molecule has 4 nitrogen and oxygen atoms in total. The number of nitrogens with zero attached hydrogens (tertiary/aromatic N) is 1. The van der Waals surface area contributed by atoms with Gasteiger partial charge in [-0.2, -0.15) is 13.2 Å². The summed E-state index contributed by atoms with van der Waals surface area (Å²) in [5.74, 6) is -1.01. The largest absolute Gasteiger partial charge is 0.407 e. The van der Waals surface area contributed by atoms with Crippen molar-refractivity contribution in [1.29, 1.82) is 0 Å². The Morgan fingerprint density at radius 1 is 1.35 bits per heavy atom. The fourth-order valence-electron chi connectivity index (χ4n) is 1.12. The van der Waals surface area contributed by atoms with Gasteiger partial charge in [0.1, 0.15) is 11.9 Å². The van der Waals surface area contributed by atoms with Gasteiger partial charge in [-0.05, 0) is 12.1 Å². The Balaban J connectivity index is 0.00000256. The number of rotatable bonds is 2. The summed E-state index contributed by atoms with van der Waals surface area (Å²) < 4.78 is 49.4. The quantitative estimate of drug-likeness (QED) is 0.512. The zero-order valence-corrected chi connectivity index (χ0v) is 8.89. The zero-order chi connectivity index (χ0) is 12.5. The van der Waals surface area contributed by atoms with Crippen LogP contribution in [0.3, 0.4) is 0 Å². The number of hydrogen-bond acceptors (Lipinski definition) is 3. The highest BCUT2D eigenvalue weighted by molar-refractivity contribution is 5.85. The molecule has 0 fully saturated rings. The molecule has 0 aliphatic heterocycles. The average Bonchev–Trinajstić information content (AvgIpc) is 2.14. The van der Waals surface area contributed by atoms with E-state index in [9.17, 15) is 27.7 Å². The molecule has 0 unspecified atom stereocenters. The van der Waals surface area contributed by atoms with Crippen LogP contribution in [0.2, 0.25) is 0 Å². The Kier molecular flexibility index (Phi) is 4.84. The van der Waals surface area contributed by atoms with Gasteiger partial charge in [0.05, 0.1) is 10.5 Å². The van der Waals surface area contributed by atoms with Gasteiger partial charge in [-0.3, -0.25) is 10.1 Å². The maximum atomic E-state index is 12.7. The molecule has 0 bridgehead atoms. The van der Waals surface area contributed by atoms with E-state index in [4.69, 9.17) is 5.73 Å². The summed E-state index contributed by atoms with van der Waals surface area (Å²) in [4.78, 5) is 9.38. The molecule has 9 heteroatoms. The van der Waals surface area contributed by atoms with E-state index in [1.165, 1.54) is 0 Å². The lowest BCUT2D eigenvalue weighted by Crippen LogP contribution is -2.29. The molecule has 1 rings (SSSR count). The number of nitro groups is 1. The van der Waals surface area contributed by atoms with Crippen LogP contribution in [-0.4, -0.2) is 11.1 Å². The number of nitrogens with two attached hydrogens (primary N) is 1. The fourth-order valence-corrected chi connectivity index (χ4v) is 1.12. The van der Waals surface area contributed by atoms with Crippen LogP contribution in [0.5, 0.6) is 0 Å². The van der Waals surface area contributed by atoms with Gasteiger partial charge in [-0.1, -0.05) is 0 Å². The Labute approximate surface area is 99.0 Å². The maximum Gasteiger partial charge on any atom is 0.407 e. The van der Waals surface area contributed by atoms with Gasteiger partial charge in [0.2, 0.25) is 0 Å². The van der Waals surface area contributed by atoms with Crippen LogP contribution >= 0.6 is 12.4 Å². The topological polar surface area (TPSA) is 69.2 Å². The van der Waals surface area contributed by atoms with Crippen LogP contribution in [-0.2, 0) is 0 Å². The first kappa shape index (κ1) is 15.6. The van der Waals surface area contributed by atoms with Gasteiger partial charge in [0.15, 0.2) is 0 Å². The van der Waals surface area contributed by atoms with E-state index >= 15 is 0 Å². The molecule has 0 heterocycles. The van der Waals surface area contributed by atoms with Crippen molar-refractivity contribution in [2.24, 2.45) is 5.73 Å². The first-order valence-electron chi connectivity index (χ1n) is 3.99. The number of alkyl halides is 3. The fraction of sp³-hybridized carbons (Fsp3) is 0.250. The maximum absolute atomic E-state index is 12.7. The molecule has 0 saturated carbocycles. The van der Waals surface area contributed by atoms with E-state index in [1.807, 2.05) is 0 Å². The van der Waals surface area contributed by atoms with Crippen molar-refractivity contribution >= 4 is 18.1 Å². The lowest BCUT2D eigenvalue weighted by molar-refractivity contribution is -0.386. The normalized spacial score (nSPS) is 12.8. The minimum absolute atomic E-state index is 0. The summed E-state index contributed by atoms with van der Waals surface area (Å²) in [5, 5.41) is 10.4. The monoisotopic (exact) mass is 274 g/mol. The first-order valence-corrected chi connectivity index (χ1v) is 3.99. The van der Waals surface area contributed by atoms with Crippen LogP contribution in [0.25, 0.3) is 0 Å². The summed E-state index contributed by atoms with van der Waals surface area (Å²) >= 11 is 0. The third-order valence-electron chi connectivity index (χ3n) is 1.87. The van der Waals surface area contributed by atoms with E-state index in [-0.39, 0.29) is 12.4 Å². The van der Waals surface area contributed by atoms with Gasteiger partial charge in [0, 0.05) is 6.07 Å². The molecule has 0 radical (unpaired) electrons. The van der Waals surface area contributed by atoms with Gasteiger partial charge < -0.3 is 5.73 Å². The molecule has 0 aromatic heterocycles. The van der Waals surface area contributed by atoms with Gasteiger partial charge in [-0.15, -0.1) is 12.4 Å². The predicted octanol–water partition coefficient (Wildman–Crippen LogP) is 2.72. The minimum Gasteiger partial charge on any atom is -0.316 e. The molecule has 0 aliphatic carbocycles. The second-order valence-electron chi connectivity index (χ2n) is 2.98. The predicted molar refractivity (Wildman–Crippen MR) is 53.3 cm³/mol. The Morgan fingerprint density at radius 3 is 2.29 bits per heavy atom. The highest BCUT2D eigenvalue weighted by Gasteiger charge is 2.41. The molecule has 96 valence electrons. The molecule has 0 spiro atoms. The molecule has 17 heavy (non-hydrogen) atoms. The van der Waals surface area contributed by atoms with Crippen LogP contribution in [0.1, 0.15) is 11.6 Å². The van der Waals surface area contributed by atoms with E-state index in [1.54, 1.807) is 0 Å². The Morgan fingerprint density at radius 2 is 1.88 bits per heavy atom. The summed E-state index contributed by atoms with van der Waals surface area (Å²) in [6.07, 6.45) is -4.86. The summed E-state index contributed by atoms with van der Waals surface area (Å²) in [6, 6.07) is -0.819. The molecule has 1 atom stereocenters. The van der Waals surface area contributed by atoms with Crippen molar-refractivity contribution in [3.8, 4) is 0 Å². The van der Waals surface area contributed by atoms with Crippen molar-refractivity contribution in [2.45, 2.75) is 12.2 Å². The Bertz CT molecular complexity index is 424. The molecule has 1 aromatic carbocycles. The number of benzene rings is 1. The average molecular weight is 275 g/mol. The summed E-state index contributed by atoms with van der Waals surface area (Å²) in [6.45, 7) is 0. The lowest BCUT2D eigenvalue weighted by Gasteiger charge is -2.15. The van der Waals surface area contributed by atoms with Crippen molar-refractivity contribution in [1.82, 2.24) is 0 Å². The van der Waals surface area contributed by atoms with Crippen LogP contribution < -0.4 is 5.73 Å². The van der Waals surface area contributed by atoms with Crippen LogP contribution in [0.4, 0.5) is 23.2 Å². The van der Waals surface area contributed by atoms with E-state index < -0.39 is 34.2 Å². The number of nitro benzene ring substituents is 1. The molecule has 0 aliphatic rings. The summed E-state index contributed by atoms with van der Waals surface area (Å²) in [7, 11) is 0. The SMILES string of the molecule is Cl.N[C@@H](c1cc(F)ccc1[N+](=O)[O-])C(F)(F)F. The number of halogens is 5. The highest BCUT2D eigenvalue weighted by Crippen LogP contribution is 2.35. The standard InChI is InChI=1S/C8H6F4N2O2.ClH/c9-4-1-2-6(14(15)16)5(3-4)7(13)8(10,11)12;/h1-3,7H,13H2;1H/t7-;/m0./s1. The zero-order valence-electron chi connectivity index (χ0n) is 8.07. The minimum atomic E-state index is -4.86. The lowest BCUT2D eigenvalue weighted by atomic mass is 10.1. The van der Waals surface area contributed by atoms with Crippen molar-refractivity contribution in [3.63, 3.8) is 0 Å². The van der Waals surface area contributed by atoms with Crippen LogP contribution in [0.15, 0.2) is 18.2 Å². The van der Waals surface area contributed by atoms with Crippen molar-refractivity contribution < 1.29 is 22.5 Å². The highest BCUT2D eigenvalue weighted by atomic mass is 35.5. The molecule has 1 aromatic rings. The molecule has 2 N–H and O–H groups in total. The van der Waals surface area contributed by atoms with E-state index in [0.29, 0.717) is 18.2 Å². The smallest absolute Gasteiger partial charge is 0.316 e. The van der Waals surface area contributed by atoms with Crippen molar-refractivity contribution in [3.05, 3.63) is 39.7 Å². The second kappa shape index (κ2) is 5.28. The van der Waals surface area contributed by atoms with Gasteiger partial charge in [-0.25, -0.2) is 4.39 Å². The molecule has 0 amide bonds. The van der Waals surface area contributed by atoms with Gasteiger partial charge in [0.25, 0.3) is 5.69 Å². The Hall–Kier alpha value is -1.41. The third kappa shape index (κ3) is 3.53.